The largest absolute Gasteiger partial charge is 0.372 e. The number of benzene rings is 3. The molecule has 3 aromatic carbocycles. The van der Waals surface area contributed by atoms with Gasteiger partial charge in [0.25, 0.3) is 0 Å². The second kappa shape index (κ2) is 11.2. The van der Waals surface area contributed by atoms with E-state index in [2.05, 4.69) is 99.9 Å². The SMILES string of the molecule is CCN(CC)c1ccc(C(c2ccc(C=O)cc2)c2ccc(N(CC)CC)cc2C)c(C)c1. The molecule has 0 bridgehead atoms. The Morgan fingerprint density at radius 2 is 1.09 bits per heavy atom. The van der Waals surface area contributed by atoms with Gasteiger partial charge in [-0.1, -0.05) is 36.4 Å². The lowest BCUT2D eigenvalue weighted by Gasteiger charge is -2.27. The first-order valence-electron chi connectivity index (χ1n) is 12.2. The number of hydrogen-bond acceptors (Lipinski definition) is 3. The number of nitrogens with zero attached hydrogens (tertiary/aromatic N) is 2. The van der Waals surface area contributed by atoms with Crippen molar-refractivity contribution in [2.24, 2.45) is 0 Å². The van der Waals surface area contributed by atoms with E-state index < -0.39 is 0 Å². The van der Waals surface area contributed by atoms with Crippen LogP contribution in [0.15, 0.2) is 60.7 Å². The van der Waals surface area contributed by atoms with Crippen molar-refractivity contribution in [3.63, 3.8) is 0 Å². The number of aldehydes is 1. The minimum absolute atomic E-state index is 0.113. The average Bonchev–Trinajstić information content (AvgIpc) is 2.83. The molecule has 174 valence electrons. The van der Waals surface area contributed by atoms with Gasteiger partial charge in [0.15, 0.2) is 0 Å². The molecule has 3 rings (SSSR count). The maximum absolute atomic E-state index is 11.2. The first-order chi connectivity index (χ1) is 16.0. The van der Waals surface area contributed by atoms with E-state index in [1.807, 2.05) is 12.1 Å². The second-order valence-electron chi connectivity index (χ2n) is 8.64. The van der Waals surface area contributed by atoms with E-state index in [-0.39, 0.29) is 5.92 Å². The van der Waals surface area contributed by atoms with Crippen LogP contribution in [-0.4, -0.2) is 32.5 Å². The molecule has 0 atom stereocenters. The molecule has 0 saturated heterocycles. The number of rotatable bonds is 10. The van der Waals surface area contributed by atoms with Gasteiger partial charge in [0.05, 0.1) is 0 Å². The van der Waals surface area contributed by atoms with Crippen LogP contribution in [0.5, 0.6) is 0 Å². The van der Waals surface area contributed by atoms with Crippen molar-refractivity contribution in [2.75, 3.05) is 36.0 Å². The van der Waals surface area contributed by atoms with Gasteiger partial charge in [-0.2, -0.15) is 0 Å². The fourth-order valence-corrected chi connectivity index (χ4v) is 4.83. The Labute approximate surface area is 200 Å². The van der Waals surface area contributed by atoms with Crippen LogP contribution in [0.1, 0.15) is 71.8 Å². The number of aryl methyl sites for hydroxylation is 2. The summed E-state index contributed by atoms with van der Waals surface area (Å²) >= 11 is 0. The maximum Gasteiger partial charge on any atom is 0.150 e. The van der Waals surface area contributed by atoms with Gasteiger partial charge >= 0.3 is 0 Å². The Hall–Kier alpha value is -3.07. The molecular weight excluding hydrogens is 404 g/mol. The Bertz CT molecular complexity index is 1000. The second-order valence-corrected chi connectivity index (χ2v) is 8.64. The standard InChI is InChI=1S/C30H38N2O/c1-7-31(8-2)26-15-17-28(22(5)19-26)30(25-13-11-24(21-33)12-14-25)29-18-16-27(20-23(29)6)32(9-3)10-4/h11-21,30H,7-10H2,1-6H3. The molecule has 33 heavy (non-hydrogen) atoms. The zero-order valence-corrected chi connectivity index (χ0v) is 21.1. The smallest absolute Gasteiger partial charge is 0.150 e. The quantitative estimate of drug-likeness (QED) is 0.250. The van der Waals surface area contributed by atoms with Crippen molar-refractivity contribution < 1.29 is 4.79 Å². The Balaban J connectivity index is 2.14. The van der Waals surface area contributed by atoms with Crippen LogP contribution in [0.2, 0.25) is 0 Å². The molecule has 0 unspecified atom stereocenters. The number of hydrogen-bond donors (Lipinski definition) is 0. The van der Waals surface area contributed by atoms with Crippen molar-refractivity contribution in [2.45, 2.75) is 47.5 Å². The lowest BCUT2D eigenvalue weighted by molar-refractivity contribution is 0.112. The molecular formula is C30H38N2O. The topological polar surface area (TPSA) is 23.6 Å². The molecule has 0 heterocycles. The summed E-state index contributed by atoms with van der Waals surface area (Å²) in [5.74, 6) is 0.113. The lowest BCUT2D eigenvalue weighted by Crippen LogP contribution is -2.22. The zero-order chi connectivity index (χ0) is 24.0. The molecule has 0 amide bonds. The van der Waals surface area contributed by atoms with Gasteiger partial charge in [0.1, 0.15) is 6.29 Å². The summed E-state index contributed by atoms with van der Waals surface area (Å²) in [6.45, 7) is 17.2. The normalized spacial score (nSPS) is 11.0. The first kappa shape index (κ1) is 24.6. The molecule has 0 fully saturated rings. The molecule has 0 spiro atoms. The minimum Gasteiger partial charge on any atom is -0.372 e. The van der Waals surface area contributed by atoms with Crippen molar-refractivity contribution in [3.8, 4) is 0 Å². The maximum atomic E-state index is 11.2. The molecule has 3 aromatic rings. The molecule has 3 nitrogen and oxygen atoms in total. The Morgan fingerprint density at radius 3 is 1.42 bits per heavy atom. The van der Waals surface area contributed by atoms with Crippen molar-refractivity contribution >= 4 is 17.7 Å². The summed E-state index contributed by atoms with van der Waals surface area (Å²) in [6.07, 6.45) is 0.910. The van der Waals surface area contributed by atoms with Crippen LogP contribution in [-0.2, 0) is 0 Å². The van der Waals surface area contributed by atoms with Gasteiger partial charge in [0, 0.05) is 49.0 Å². The molecule has 0 aromatic heterocycles. The van der Waals surface area contributed by atoms with Crippen LogP contribution < -0.4 is 9.80 Å². The summed E-state index contributed by atoms with van der Waals surface area (Å²) in [7, 11) is 0. The summed E-state index contributed by atoms with van der Waals surface area (Å²) in [5.41, 5.74) is 9.64. The van der Waals surface area contributed by atoms with Gasteiger partial charge in [-0.15, -0.1) is 0 Å². The summed E-state index contributed by atoms with van der Waals surface area (Å²) in [6, 6.07) is 21.8. The van der Waals surface area contributed by atoms with Gasteiger partial charge in [-0.05, 0) is 93.6 Å². The number of carbonyl (C=O) groups excluding carboxylic acids is 1. The van der Waals surface area contributed by atoms with E-state index in [0.29, 0.717) is 5.56 Å². The molecule has 0 aliphatic heterocycles. The van der Waals surface area contributed by atoms with E-state index >= 15 is 0 Å². The summed E-state index contributed by atoms with van der Waals surface area (Å²) in [4.78, 5) is 16.0. The van der Waals surface area contributed by atoms with Crippen molar-refractivity contribution in [3.05, 3.63) is 94.0 Å². The molecule has 0 radical (unpaired) electrons. The van der Waals surface area contributed by atoms with Crippen LogP contribution in [0.4, 0.5) is 11.4 Å². The third-order valence-corrected chi connectivity index (χ3v) is 6.79. The van der Waals surface area contributed by atoms with Gasteiger partial charge < -0.3 is 9.80 Å². The van der Waals surface area contributed by atoms with Gasteiger partial charge in [0.2, 0.25) is 0 Å². The van der Waals surface area contributed by atoms with E-state index in [1.165, 1.54) is 39.2 Å². The Morgan fingerprint density at radius 1 is 0.667 bits per heavy atom. The highest BCUT2D eigenvalue weighted by Gasteiger charge is 2.22. The lowest BCUT2D eigenvalue weighted by atomic mass is 9.81. The monoisotopic (exact) mass is 442 g/mol. The third-order valence-electron chi connectivity index (χ3n) is 6.79. The highest BCUT2D eigenvalue weighted by Crippen LogP contribution is 2.38. The molecule has 0 N–H and O–H groups in total. The highest BCUT2D eigenvalue weighted by atomic mass is 16.1. The third kappa shape index (κ3) is 5.30. The molecule has 0 aliphatic carbocycles. The number of anilines is 2. The predicted molar refractivity (Wildman–Crippen MR) is 142 cm³/mol. The minimum atomic E-state index is 0.113. The first-order valence-corrected chi connectivity index (χ1v) is 12.2. The van der Waals surface area contributed by atoms with Crippen molar-refractivity contribution in [1.29, 1.82) is 0 Å². The summed E-state index contributed by atoms with van der Waals surface area (Å²) in [5, 5.41) is 0. The molecule has 3 heteroatoms. The van der Waals surface area contributed by atoms with Gasteiger partial charge in [-0.3, -0.25) is 4.79 Å². The predicted octanol–water partition coefficient (Wildman–Crippen LogP) is 6.99. The Kier molecular flexibility index (Phi) is 8.32. The van der Waals surface area contributed by atoms with Crippen LogP contribution in [0.3, 0.4) is 0 Å². The highest BCUT2D eigenvalue weighted by molar-refractivity contribution is 5.75. The van der Waals surface area contributed by atoms with E-state index in [0.717, 1.165) is 32.5 Å². The molecule has 0 saturated carbocycles. The fourth-order valence-electron chi connectivity index (χ4n) is 4.83. The van der Waals surface area contributed by atoms with E-state index in [9.17, 15) is 4.79 Å². The van der Waals surface area contributed by atoms with E-state index in [4.69, 9.17) is 0 Å². The zero-order valence-electron chi connectivity index (χ0n) is 21.1. The molecule has 0 aliphatic rings. The van der Waals surface area contributed by atoms with Crippen LogP contribution >= 0.6 is 0 Å². The van der Waals surface area contributed by atoms with Crippen molar-refractivity contribution in [1.82, 2.24) is 0 Å². The van der Waals surface area contributed by atoms with Crippen LogP contribution in [0.25, 0.3) is 0 Å². The van der Waals surface area contributed by atoms with Crippen LogP contribution in [0, 0.1) is 13.8 Å². The fraction of sp³-hybridized carbons (Fsp3) is 0.367. The van der Waals surface area contributed by atoms with E-state index in [1.54, 1.807) is 0 Å². The van der Waals surface area contributed by atoms with Gasteiger partial charge in [-0.25, -0.2) is 0 Å². The summed E-state index contributed by atoms with van der Waals surface area (Å²) < 4.78 is 0. The average molecular weight is 443 g/mol. The number of carbonyl (C=O) groups is 1.